The molecule has 3 nitrogen and oxygen atoms in total. The Kier molecular flexibility index (Phi) is 9.52. The lowest BCUT2D eigenvalue weighted by Gasteiger charge is -2.24. The van der Waals surface area contributed by atoms with Gasteiger partial charge in [-0.1, -0.05) is 83.9 Å². The van der Waals surface area contributed by atoms with E-state index in [-0.39, 0.29) is 5.41 Å². The van der Waals surface area contributed by atoms with Crippen LogP contribution in [0.15, 0.2) is 91.5 Å². The number of fused-ring (bicyclic) bond motifs is 2. The van der Waals surface area contributed by atoms with Crippen molar-refractivity contribution in [1.82, 2.24) is 4.90 Å². The van der Waals surface area contributed by atoms with E-state index in [4.69, 9.17) is 23.2 Å². The third-order valence-electron chi connectivity index (χ3n) is 6.81. The molecule has 1 heterocycles. The SMILES string of the molecule is C1=CC2(CCN(CCCNc3ccccc3)C2)c2ccccc21.C=CCCNc1ccc(Cl)c(Cl)c1. The summed E-state index contributed by atoms with van der Waals surface area (Å²) in [5.74, 6) is 0. The summed E-state index contributed by atoms with van der Waals surface area (Å²) in [6, 6.07) is 24.8. The maximum Gasteiger partial charge on any atom is 0.0612 e. The van der Waals surface area contributed by atoms with Gasteiger partial charge in [-0.2, -0.15) is 0 Å². The molecule has 188 valence electrons. The zero-order valence-electron chi connectivity index (χ0n) is 20.7. The highest BCUT2D eigenvalue weighted by molar-refractivity contribution is 6.42. The normalized spacial score (nSPS) is 17.9. The minimum atomic E-state index is 0.281. The lowest BCUT2D eigenvalue weighted by Crippen LogP contribution is -2.29. The fourth-order valence-electron chi connectivity index (χ4n) is 4.91. The second-order valence-corrected chi connectivity index (χ2v) is 10.2. The third-order valence-corrected chi connectivity index (χ3v) is 7.55. The molecule has 0 radical (unpaired) electrons. The number of nitrogens with zero attached hydrogens (tertiary/aromatic N) is 1. The second kappa shape index (κ2) is 13.0. The number of likely N-dealkylation sites (tertiary alicyclic amines) is 1. The van der Waals surface area contributed by atoms with Crippen molar-refractivity contribution in [3.8, 4) is 0 Å². The van der Waals surface area contributed by atoms with E-state index in [1.54, 1.807) is 6.07 Å². The van der Waals surface area contributed by atoms with E-state index in [0.717, 1.165) is 25.2 Å². The minimum absolute atomic E-state index is 0.281. The summed E-state index contributed by atoms with van der Waals surface area (Å²) in [7, 11) is 0. The Hall–Kier alpha value is -2.72. The zero-order valence-corrected chi connectivity index (χ0v) is 22.2. The topological polar surface area (TPSA) is 27.3 Å². The molecular formula is C31H35Cl2N3. The summed E-state index contributed by atoms with van der Waals surface area (Å²) in [6.45, 7) is 9.10. The van der Waals surface area contributed by atoms with E-state index in [1.165, 1.54) is 49.3 Å². The Balaban J connectivity index is 0.000000200. The van der Waals surface area contributed by atoms with E-state index >= 15 is 0 Å². The molecule has 1 unspecified atom stereocenters. The van der Waals surface area contributed by atoms with Crippen molar-refractivity contribution >= 4 is 40.7 Å². The van der Waals surface area contributed by atoms with Crippen LogP contribution in [0.3, 0.4) is 0 Å². The number of benzene rings is 3. The molecule has 1 fully saturated rings. The Bertz CT molecular complexity index is 1160. The second-order valence-electron chi connectivity index (χ2n) is 9.38. The summed E-state index contributed by atoms with van der Waals surface area (Å²) in [4.78, 5) is 2.62. The van der Waals surface area contributed by atoms with Crippen LogP contribution in [0.5, 0.6) is 0 Å². The van der Waals surface area contributed by atoms with E-state index in [9.17, 15) is 0 Å². The van der Waals surface area contributed by atoms with E-state index in [1.807, 2.05) is 18.2 Å². The van der Waals surface area contributed by atoms with Gasteiger partial charge in [-0.3, -0.25) is 0 Å². The highest BCUT2D eigenvalue weighted by Crippen LogP contribution is 2.42. The standard InChI is InChI=1S/C21H24N2.C10H11Cl2N/c1-2-8-19(9-3-1)22-14-6-15-23-16-13-21(17-23)12-11-18-7-4-5-10-20(18)21;1-2-3-6-13-8-4-5-9(11)10(12)7-8/h1-5,7-12,22H,6,13-17H2;2,4-5,7,13H,1,3,6H2. The first-order valence-electron chi connectivity index (χ1n) is 12.7. The Morgan fingerprint density at radius 2 is 1.67 bits per heavy atom. The summed E-state index contributed by atoms with van der Waals surface area (Å²) < 4.78 is 0. The maximum atomic E-state index is 5.83. The lowest BCUT2D eigenvalue weighted by atomic mass is 9.82. The molecule has 1 aliphatic heterocycles. The van der Waals surface area contributed by atoms with Gasteiger partial charge in [-0.25, -0.2) is 0 Å². The van der Waals surface area contributed by atoms with Crippen LogP contribution in [0.1, 0.15) is 30.4 Å². The van der Waals surface area contributed by atoms with Gasteiger partial charge in [-0.05, 0) is 73.8 Å². The Morgan fingerprint density at radius 1 is 0.889 bits per heavy atom. The molecule has 2 N–H and O–H groups in total. The molecule has 5 heteroatoms. The molecule has 1 saturated heterocycles. The predicted octanol–water partition coefficient (Wildman–Crippen LogP) is 8.14. The number of para-hydroxylation sites is 1. The molecule has 2 aliphatic rings. The van der Waals surface area contributed by atoms with Crippen LogP contribution in [0.25, 0.3) is 6.08 Å². The predicted molar refractivity (Wildman–Crippen MR) is 158 cm³/mol. The molecule has 1 aliphatic carbocycles. The van der Waals surface area contributed by atoms with Crippen LogP contribution in [0.4, 0.5) is 11.4 Å². The van der Waals surface area contributed by atoms with Crippen molar-refractivity contribution in [2.24, 2.45) is 0 Å². The first-order chi connectivity index (χ1) is 17.6. The number of hydrogen-bond donors (Lipinski definition) is 2. The van der Waals surface area contributed by atoms with Crippen molar-refractivity contribution in [2.45, 2.75) is 24.7 Å². The van der Waals surface area contributed by atoms with Gasteiger partial charge in [0, 0.05) is 36.4 Å². The average molecular weight is 521 g/mol. The summed E-state index contributed by atoms with van der Waals surface area (Å²) in [5, 5.41) is 7.86. The molecular weight excluding hydrogens is 485 g/mol. The van der Waals surface area contributed by atoms with Gasteiger partial charge in [-0.15, -0.1) is 6.58 Å². The van der Waals surface area contributed by atoms with Crippen molar-refractivity contribution in [2.75, 3.05) is 43.4 Å². The number of anilines is 2. The molecule has 1 spiro atoms. The van der Waals surface area contributed by atoms with Crippen LogP contribution in [0.2, 0.25) is 10.0 Å². The molecule has 0 amide bonds. The molecule has 3 aromatic rings. The molecule has 36 heavy (non-hydrogen) atoms. The summed E-state index contributed by atoms with van der Waals surface area (Å²) in [6.07, 6.45) is 10.0. The van der Waals surface area contributed by atoms with Gasteiger partial charge in [0.1, 0.15) is 0 Å². The van der Waals surface area contributed by atoms with Crippen molar-refractivity contribution in [1.29, 1.82) is 0 Å². The number of rotatable bonds is 9. The van der Waals surface area contributed by atoms with E-state index in [0.29, 0.717) is 10.0 Å². The van der Waals surface area contributed by atoms with Gasteiger partial charge in [0.15, 0.2) is 0 Å². The highest BCUT2D eigenvalue weighted by Gasteiger charge is 2.40. The van der Waals surface area contributed by atoms with Crippen molar-refractivity contribution in [3.05, 3.63) is 113 Å². The quantitative estimate of drug-likeness (QED) is 0.220. The zero-order chi connectivity index (χ0) is 25.2. The van der Waals surface area contributed by atoms with Gasteiger partial charge in [0.25, 0.3) is 0 Å². The summed E-state index contributed by atoms with van der Waals surface area (Å²) in [5.41, 5.74) is 5.43. The minimum Gasteiger partial charge on any atom is -0.385 e. The molecule has 5 rings (SSSR count). The molecule has 3 aromatic carbocycles. The van der Waals surface area contributed by atoms with Crippen molar-refractivity contribution in [3.63, 3.8) is 0 Å². The van der Waals surface area contributed by atoms with Crippen LogP contribution in [0, 0.1) is 0 Å². The Morgan fingerprint density at radius 3 is 2.47 bits per heavy atom. The van der Waals surface area contributed by atoms with Crippen LogP contribution >= 0.6 is 23.2 Å². The van der Waals surface area contributed by atoms with E-state index < -0.39 is 0 Å². The fourth-order valence-corrected chi connectivity index (χ4v) is 5.21. The number of hydrogen-bond acceptors (Lipinski definition) is 3. The number of nitrogens with one attached hydrogen (secondary N) is 2. The summed E-state index contributed by atoms with van der Waals surface area (Å²) >= 11 is 11.6. The molecule has 0 bridgehead atoms. The molecule has 0 aromatic heterocycles. The first-order valence-corrected chi connectivity index (χ1v) is 13.5. The first kappa shape index (κ1) is 26.3. The van der Waals surface area contributed by atoms with Crippen LogP contribution in [-0.4, -0.2) is 37.6 Å². The van der Waals surface area contributed by atoms with Crippen LogP contribution < -0.4 is 10.6 Å². The third kappa shape index (κ3) is 6.94. The monoisotopic (exact) mass is 519 g/mol. The maximum absolute atomic E-state index is 5.83. The molecule has 1 atom stereocenters. The fraction of sp³-hybridized carbons (Fsp3) is 0.290. The highest BCUT2D eigenvalue weighted by atomic mass is 35.5. The number of halogens is 2. The van der Waals surface area contributed by atoms with Crippen LogP contribution in [-0.2, 0) is 5.41 Å². The smallest absolute Gasteiger partial charge is 0.0612 e. The lowest BCUT2D eigenvalue weighted by molar-refractivity contribution is 0.323. The molecule has 0 saturated carbocycles. The largest absolute Gasteiger partial charge is 0.385 e. The van der Waals surface area contributed by atoms with E-state index in [2.05, 4.69) is 88.9 Å². The van der Waals surface area contributed by atoms with Gasteiger partial charge in [0.2, 0.25) is 0 Å². The van der Waals surface area contributed by atoms with Gasteiger partial charge < -0.3 is 15.5 Å². The van der Waals surface area contributed by atoms with Gasteiger partial charge in [0.05, 0.1) is 10.0 Å². The van der Waals surface area contributed by atoms with Crippen molar-refractivity contribution < 1.29 is 0 Å². The average Bonchev–Trinajstić information content (AvgIpc) is 3.49. The Labute approximate surface area is 225 Å². The van der Waals surface area contributed by atoms with Gasteiger partial charge >= 0.3 is 0 Å².